The van der Waals surface area contributed by atoms with Crippen LogP contribution in [-0.2, 0) is 0 Å². The molecule has 1 amide bonds. The predicted octanol–water partition coefficient (Wildman–Crippen LogP) is 4.17. The Morgan fingerprint density at radius 1 is 1.33 bits per heavy atom. The first-order valence-corrected chi connectivity index (χ1v) is 10.1. The molecule has 27 heavy (non-hydrogen) atoms. The van der Waals surface area contributed by atoms with Gasteiger partial charge in [0.1, 0.15) is 0 Å². The van der Waals surface area contributed by atoms with E-state index in [-0.39, 0.29) is 17.6 Å². The van der Waals surface area contributed by atoms with Crippen LogP contribution >= 0.6 is 11.3 Å². The van der Waals surface area contributed by atoms with E-state index in [2.05, 4.69) is 28.6 Å². The fourth-order valence-electron chi connectivity index (χ4n) is 3.58. The molecule has 1 aliphatic rings. The van der Waals surface area contributed by atoms with Gasteiger partial charge in [-0.3, -0.25) is 19.8 Å². The summed E-state index contributed by atoms with van der Waals surface area (Å²) in [5, 5.41) is 16.2. The number of likely N-dealkylation sites (tertiary alicyclic amines) is 1. The number of amides is 1. The normalized spacial score (nSPS) is 16.8. The molecule has 6 nitrogen and oxygen atoms in total. The fraction of sp³-hybridized carbons (Fsp3) is 0.450. The maximum absolute atomic E-state index is 12.7. The Balaban J connectivity index is 1.73. The van der Waals surface area contributed by atoms with Crippen molar-refractivity contribution in [3.05, 3.63) is 61.8 Å². The maximum Gasteiger partial charge on any atom is 0.273 e. The average Bonchev–Trinajstić information content (AvgIpc) is 3.17. The maximum atomic E-state index is 12.7. The molecular weight excluding hydrogens is 362 g/mol. The molecule has 0 aliphatic carbocycles. The van der Waals surface area contributed by atoms with Crippen LogP contribution in [0.2, 0.25) is 0 Å². The molecular formula is C20H25N3O3S. The van der Waals surface area contributed by atoms with Crippen LogP contribution in [0.4, 0.5) is 5.69 Å². The number of nitrogens with one attached hydrogen (secondary N) is 1. The number of piperidine rings is 1. The van der Waals surface area contributed by atoms with Gasteiger partial charge in [0.15, 0.2) is 0 Å². The molecule has 1 atom stereocenters. The van der Waals surface area contributed by atoms with Gasteiger partial charge in [-0.2, -0.15) is 0 Å². The minimum absolute atomic E-state index is 0.0255. The Morgan fingerprint density at radius 3 is 2.70 bits per heavy atom. The van der Waals surface area contributed by atoms with Gasteiger partial charge >= 0.3 is 0 Å². The first kappa shape index (κ1) is 19.5. The molecule has 2 heterocycles. The molecule has 0 bridgehead atoms. The summed E-state index contributed by atoms with van der Waals surface area (Å²) in [6, 6.07) is 8.91. The predicted molar refractivity (Wildman–Crippen MR) is 107 cm³/mol. The van der Waals surface area contributed by atoms with Gasteiger partial charge in [0.05, 0.1) is 11.0 Å². The van der Waals surface area contributed by atoms with Crippen LogP contribution in [0.1, 0.15) is 46.6 Å². The number of thiophene rings is 1. The third-order valence-electron chi connectivity index (χ3n) is 5.33. The zero-order valence-corrected chi connectivity index (χ0v) is 16.5. The van der Waals surface area contributed by atoms with Crippen LogP contribution in [0.3, 0.4) is 0 Å². The Bertz CT molecular complexity index is 799. The number of carbonyl (C=O) groups is 1. The van der Waals surface area contributed by atoms with E-state index in [4.69, 9.17) is 0 Å². The first-order chi connectivity index (χ1) is 13.0. The molecule has 1 aliphatic heterocycles. The third-order valence-corrected chi connectivity index (χ3v) is 6.31. The lowest BCUT2D eigenvalue weighted by Gasteiger charge is -2.36. The van der Waals surface area contributed by atoms with Crippen molar-refractivity contribution >= 4 is 22.9 Å². The largest absolute Gasteiger partial charge is 0.350 e. The minimum Gasteiger partial charge on any atom is -0.350 e. The summed E-state index contributed by atoms with van der Waals surface area (Å²) >= 11 is 1.70. The second-order valence-electron chi connectivity index (χ2n) is 7.17. The summed E-state index contributed by atoms with van der Waals surface area (Å²) in [4.78, 5) is 27.0. The van der Waals surface area contributed by atoms with Crippen molar-refractivity contribution in [1.29, 1.82) is 0 Å². The van der Waals surface area contributed by atoms with Crippen molar-refractivity contribution in [2.75, 3.05) is 19.6 Å². The summed E-state index contributed by atoms with van der Waals surface area (Å²) in [5.74, 6) is 0.482. The van der Waals surface area contributed by atoms with E-state index in [0.29, 0.717) is 17.7 Å². The number of hydrogen-bond acceptors (Lipinski definition) is 5. The van der Waals surface area contributed by atoms with Crippen LogP contribution in [0.25, 0.3) is 0 Å². The highest BCUT2D eigenvalue weighted by atomic mass is 32.1. The SMILES string of the molecule is Cc1c(C(=O)NCC(c2cccs2)N2CCC(C)CC2)cccc1[N+](=O)[O-]. The van der Waals surface area contributed by atoms with Crippen molar-refractivity contribution < 1.29 is 9.72 Å². The van der Waals surface area contributed by atoms with Gasteiger partial charge in [0, 0.05) is 28.6 Å². The van der Waals surface area contributed by atoms with Crippen molar-refractivity contribution in [1.82, 2.24) is 10.2 Å². The summed E-state index contributed by atoms with van der Waals surface area (Å²) in [7, 11) is 0. The molecule has 1 N–H and O–H groups in total. The zero-order valence-electron chi connectivity index (χ0n) is 15.7. The molecule has 0 radical (unpaired) electrons. The number of carbonyl (C=O) groups excluding carboxylic acids is 1. The summed E-state index contributed by atoms with van der Waals surface area (Å²) in [6.45, 7) is 6.45. The van der Waals surface area contributed by atoms with Crippen LogP contribution in [0.5, 0.6) is 0 Å². The Hall–Kier alpha value is -2.25. The standard InChI is InChI=1S/C20H25N3O3S/c1-14-8-10-22(11-9-14)18(19-7-4-12-27-19)13-21-20(24)16-5-3-6-17(15(16)2)23(25)26/h3-7,12,14,18H,8-11,13H2,1-2H3,(H,21,24). The van der Waals surface area contributed by atoms with Crippen LogP contribution < -0.4 is 5.32 Å². The van der Waals surface area contributed by atoms with Gasteiger partial charge in [0.25, 0.3) is 11.6 Å². The highest BCUT2D eigenvalue weighted by molar-refractivity contribution is 7.10. The monoisotopic (exact) mass is 387 g/mol. The van der Waals surface area contributed by atoms with Crippen molar-refractivity contribution in [2.45, 2.75) is 32.7 Å². The number of nitro benzene ring substituents is 1. The molecule has 7 heteroatoms. The van der Waals surface area contributed by atoms with E-state index >= 15 is 0 Å². The third kappa shape index (κ3) is 4.54. The summed E-state index contributed by atoms with van der Waals surface area (Å²) in [5.41, 5.74) is 0.739. The molecule has 0 spiro atoms. The summed E-state index contributed by atoms with van der Waals surface area (Å²) in [6.07, 6.45) is 2.33. The average molecular weight is 388 g/mol. The van der Waals surface area contributed by atoms with Crippen LogP contribution in [0, 0.1) is 23.0 Å². The topological polar surface area (TPSA) is 75.5 Å². The van der Waals surface area contributed by atoms with Crippen LogP contribution in [-0.4, -0.2) is 35.4 Å². The molecule has 1 fully saturated rings. The molecule has 144 valence electrons. The first-order valence-electron chi connectivity index (χ1n) is 9.27. The van der Waals surface area contributed by atoms with E-state index in [9.17, 15) is 14.9 Å². The fourth-order valence-corrected chi connectivity index (χ4v) is 4.44. The van der Waals surface area contributed by atoms with E-state index < -0.39 is 4.92 Å². The Labute approximate surface area is 163 Å². The highest BCUT2D eigenvalue weighted by Gasteiger charge is 2.26. The van der Waals surface area contributed by atoms with Gasteiger partial charge in [-0.05, 0) is 56.3 Å². The van der Waals surface area contributed by atoms with E-state index in [0.717, 1.165) is 19.0 Å². The lowest BCUT2D eigenvalue weighted by molar-refractivity contribution is -0.385. The van der Waals surface area contributed by atoms with Gasteiger partial charge in [0.2, 0.25) is 0 Å². The number of nitrogens with zero attached hydrogens (tertiary/aromatic N) is 2. The van der Waals surface area contributed by atoms with Crippen molar-refractivity contribution in [3.63, 3.8) is 0 Å². The van der Waals surface area contributed by atoms with E-state index in [1.54, 1.807) is 30.4 Å². The van der Waals surface area contributed by atoms with Crippen LogP contribution in [0.15, 0.2) is 35.7 Å². The molecule has 1 aromatic carbocycles. The molecule has 0 saturated carbocycles. The number of rotatable bonds is 6. The molecule has 1 aromatic heterocycles. The van der Waals surface area contributed by atoms with Crippen molar-refractivity contribution in [3.8, 4) is 0 Å². The minimum atomic E-state index is -0.449. The quantitative estimate of drug-likeness (QED) is 0.596. The second-order valence-corrected chi connectivity index (χ2v) is 8.15. The molecule has 1 saturated heterocycles. The van der Waals surface area contributed by atoms with E-state index in [1.165, 1.54) is 23.8 Å². The molecule has 3 rings (SSSR count). The van der Waals surface area contributed by atoms with E-state index in [1.807, 2.05) is 6.07 Å². The van der Waals surface area contributed by atoms with Gasteiger partial charge in [-0.15, -0.1) is 11.3 Å². The highest BCUT2D eigenvalue weighted by Crippen LogP contribution is 2.29. The second kappa shape index (κ2) is 8.63. The van der Waals surface area contributed by atoms with Gasteiger partial charge in [-0.1, -0.05) is 19.1 Å². The lowest BCUT2D eigenvalue weighted by atomic mass is 9.97. The summed E-state index contributed by atoms with van der Waals surface area (Å²) < 4.78 is 0. The smallest absolute Gasteiger partial charge is 0.273 e. The number of benzene rings is 1. The number of nitro groups is 1. The lowest BCUT2D eigenvalue weighted by Crippen LogP contribution is -2.41. The number of hydrogen-bond donors (Lipinski definition) is 1. The Morgan fingerprint density at radius 2 is 2.07 bits per heavy atom. The zero-order chi connectivity index (χ0) is 19.4. The molecule has 2 aromatic rings. The van der Waals surface area contributed by atoms with Crippen molar-refractivity contribution in [2.24, 2.45) is 5.92 Å². The molecule has 1 unspecified atom stereocenters. The Kier molecular flexibility index (Phi) is 6.23. The van der Waals surface area contributed by atoms with Gasteiger partial charge in [-0.25, -0.2) is 0 Å². The van der Waals surface area contributed by atoms with Gasteiger partial charge < -0.3 is 5.32 Å².